The molecule has 20 heavy (non-hydrogen) atoms. The Balaban J connectivity index is 1.95. The van der Waals surface area contributed by atoms with Crippen LogP contribution in [0.15, 0.2) is 52.6 Å². The van der Waals surface area contributed by atoms with E-state index in [-0.39, 0.29) is 5.56 Å². The molecule has 0 saturated heterocycles. The van der Waals surface area contributed by atoms with Gasteiger partial charge in [-0.25, -0.2) is 0 Å². The number of aryl methyl sites for hydroxylation is 1. The fourth-order valence-corrected chi connectivity index (χ4v) is 3.70. The van der Waals surface area contributed by atoms with E-state index < -0.39 is 0 Å². The van der Waals surface area contributed by atoms with Gasteiger partial charge in [-0.05, 0) is 35.1 Å². The fourth-order valence-electron chi connectivity index (χ4n) is 2.73. The van der Waals surface area contributed by atoms with Crippen molar-refractivity contribution in [3.8, 4) is 21.7 Å². The van der Waals surface area contributed by atoms with Crippen LogP contribution >= 0.6 is 11.3 Å². The van der Waals surface area contributed by atoms with Crippen LogP contribution in [0.5, 0.6) is 0 Å². The number of hydrogen-bond donors (Lipinski definition) is 0. The molecule has 0 spiro atoms. The topological polar surface area (TPSA) is 22.0 Å². The Bertz CT molecular complexity index is 830. The smallest absolute Gasteiger partial charge is 0.258 e. The van der Waals surface area contributed by atoms with Crippen molar-refractivity contribution in [2.24, 2.45) is 0 Å². The molecular weight excluding hydrogens is 266 g/mol. The lowest BCUT2D eigenvalue weighted by Crippen LogP contribution is -2.26. The molecule has 1 aliphatic rings. The van der Waals surface area contributed by atoms with Gasteiger partial charge in [-0.1, -0.05) is 30.3 Å². The van der Waals surface area contributed by atoms with Crippen LogP contribution in [-0.4, -0.2) is 4.57 Å². The highest BCUT2D eigenvalue weighted by molar-refractivity contribution is 7.13. The summed E-state index contributed by atoms with van der Waals surface area (Å²) in [5.41, 5.74) is 4.04. The van der Waals surface area contributed by atoms with E-state index in [9.17, 15) is 4.79 Å². The van der Waals surface area contributed by atoms with Gasteiger partial charge >= 0.3 is 0 Å². The number of hydrogen-bond acceptors (Lipinski definition) is 2. The van der Waals surface area contributed by atoms with Crippen LogP contribution in [0.4, 0.5) is 0 Å². The highest BCUT2D eigenvalue weighted by Gasteiger charge is 2.19. The van der Waals surface area contributed by atoms with Crippen molar-refractivity contribution in [3.63, 3.8) is 0 Å². The van der Waals surface area contributed by atoms with Crippen LogP contribution < -0.4 is 5.56 Å². The van der Waals surface area contributed by atoms with E-state index in [2.05, 4.69) is 17.5 Å². The summed E-state index contributed by atoms with van der Waals surface area (Å²) in [6.07, 6.45) is 0.928. The first kappa shape index (κ1) is 11.7. The molecule has 1 aromatic carbocycles. The molecule has 3 heteroatoms. The van der Waals surface area contributed by atoms with Gasteiger partial charge in [-0.15, -0.1) is 11.3 Å². The summed E-state index contributed by atoms with van der Waals surface area (Å²) >= 11 is 1.69. The van der Waals surface area contributed by atoms with Crippen LogP contribution in [0, 0.1) is 6.07 Å². The molecule has 4 rings (SSSR count). The molecule has 1 radical (unpaired) electrons. The van der Waals surface area contributed by atoms with Crippen molar-refractivity contribution in [3.05, 3.63) is 69.8 Å². The summed E-state index contributed by atoms with van der Waals surface area (Å²) in [4.78, 5) is 13.9. The molecule has 0 unspecified atom stereocenters. The molecule has 0 saturated carbocycles. The summed E-state index contributed by atoms with van der Waals surface area (Å²) in [5.74, 6) is 0. The summed E-state index contributed by atoms with van der Waals surface area (Å²) in [5, 5.41) is 2.09. The normalized spacial score (nSPS) is 12.8. The van der Waals surface area contributed by atoms with Gasteiger partial charge in [0.15, 0.2) is 0 Å². The maximum atomic E-state index is 12.7. The number of nitrogens with zero attached hydrogens (tertiary/aromatic N) is 1. The Morgan fingerprint density at radius 3 is 2.85 bits per heavy atom. The van der Waals surface area contributed by atoms with Crippen molar-refractivity contribution in [1.29, 1.82) is 0 Å². The third kappa shape index (κ3) is 1.67. The molecule has 1 aliphatic heterocycles. The third-order valence-electron chi connectivity index (χ3n) is 3.75. The summed E-state index contributed by atoms with van der Waals surface area (Å²) in [6.45, 7) is 0.745. The van der Waals surface area contributed by atoms with Gasteiger partial charge in [-0.3, -0.25) is 4.79 Å². The number of benzene rings is 1. The summed E-state index contributed by atoms with van der Waals surface area (Å²) in [7, 11) is 0. The Hall–Kier alpha value is -2.13. The Morgan fingerprint density at radius 1 is 1.15 bits per heavy atom. The average molecular weight is 278 g/mol. The van der Waals surface area contributed by atoms with E-state index >= 15 is 0 Å². The predicted octanol–water partition coefficient (Wildman–Crippen LogP) is 3.60. The first-order chi connectivity index (χ1) is 9.84. The van der Waals surface area contributed by atoms with E-state index in [0.717, 1.165) is 29.8 Å². The molecule has 3 heterocycles. The molecule has 0 bridgehead atoms. The Kier molecular flexibility index (Phi) is 2.60. The van der Waals surface area contributed by atoms with E-state index in [4.69, 9.17) is 0 Å². The second-order valence-electron chi connectivity index (χ2n) is 4.90. The maximum absolute atomic E-state index is 12.7. The van der Waals surface area contributed by atoms with Crippen molar-refractivity contribution < 1.29 is 0 Å². The second-order valence-corrected chi connectivity index (χ2v) is 5.81. The minimum absolute atomic E-state index is 0.0870. The maximum Gasteiger partial charge on any atom is 0.258 e. The van der Waals surface area contributed by atoms with Gasteiger partial charge in [0.25, 0.3) is 5.56 Å². The quantitative estimate of drug-likeness (QED) is 0.666. The van der Waals surface area contributed by atoms with Crippen LogP contribution in [0.3, 0.4) is 0 Å². The number of thiophene rings is 1. The molecule has 97 valence electrons. The number of aromatic nitrogens is 1. The Morgan fingerprint density at radius 2 is 2.00 bits per heavy atom. The molecule has 2 aromatic heterocycles. The lowest BCUT2D eigenvalue weighted by molar-refractivity contribution is 0.663. The summed E-state index contributed by atoms with van der Waals surface area (Å²) in [6, 6.07) is 17.1. The minimum Gasteiger partial charge on any atom is -0.306 e. The van der Waals surface area contributed by atoms with Crippen molar-refractivity contribution in [2.75, 3.05) is 0 Å². The third-order valence-corrected chi connectivity index (χ3v) is 4.71. The van der Waals surface area contributed by atoms with Crippen molar-refractivity contribution >= 4 is 11.3 Å². The highest BCUT2D eigenvalue weighted by Crippen LogP contribution is 2.33. The first-order valence-electron chi connectivity index (χ1n) is 6.62. The summed E-state index contributed by atoms with van der Waals surface area (Å²) < 4.78 is 1.86. The molecule has 0 amide bonds. The van der Waals surface area contributed by atoms with E-state index in [1.54, 1.807) is 11.3 Å². The van der Waals surface area contributed by atoms with Crippen LogP contribution in [0.1, 0.15) is 5.56 Å². The predicted molar refractivity (Wildman–Crippen MR) is 82.0 cm³/mol. The van der Waals surface area contributed by atoms with Gasteiger partial charge in [0.2, 0.25) is 0 Å². The van der Waals surface area contributed by atoms with Crippen LogP contribution in [-0.2, 0) is 13.0 Å². The highest BCUT2D eigenvalue weighted by atomic mass is 32.1. The number of fused-ring (bicyclic) bond motifs is 3. The van der Waals surface area contributed by atoms with Gasteiger partial charge in [0.1, 0.15) is 0 Å². The molecule has 0 atom stereocenters. The largest absolute Gasteiger partial charge is 0.306 e. The van der Waals surface area contributed by atoms with Crippen molar-refractivity contribution in [1.82, 2.24) is 4.57 Å². The lowest BCUT2D eigenvalue weighted by atomic mass is 10.0. The molecule has 0 fully saturated rings. The SMILES string of the molecule is O=c1c(-c2ccccc2)c[c]c2n1CCc1ccsc1-2. The van der Waals surface area contributed by atoms with Crippen LogP contribution in [0.25, 0.3) is 21.7 Å². The van der Waals surface area contributed by atoms with E-state index in [0.29, 0.717) is 0 Å². The van der Waals surface area contributed by atoms with E-state index in [1.165, 1.54) is 10.4 Å². The van der Waals surface area contributed by atoms with Crippen molar-refractivity contribution in [2.45, 2.75) is 13.0 Å². The molecular formula is C17H12NOS. The average Bonchev–Trinajstić information content (AvgIpc) is 2.97. The van der Waals surface area contributed by atoms with Gasteiger partial charge in [-0.2, -0.15) is 0 Å². The van der Waals surface area contributed by atoms with Gasteiger partial charge in [0, 0.05) is 18.2 Å². The monoisotopic (exact) mass is 278 g/mol. The van der Waals surface area contributed by atoms with Crippen LogP contribution in [0.2, 0.25) is 0 Å². The molecule has 0 N–H and O–H groups in total. The zero-order valence-corrected chi connectivity index (χ0v) is 11.6. The molecule has 0 aliphatic carbocycles. The zero-order chi connectivity index (χ0) is 13.5. The zero-order valence-electron chi connectivity index (χ0n) is 10.8. The Labute approximate surface area is 121 Å². The molecule has 3 aromatic rings. The molecule has 2 nitrogen and oxygen atoms in total. The second kappa shape index (κ2) is 4.46. The first-order valence-corrected chi connectivity index (χ1v) is 7.50. The number of rotatable bonds is 1. The fraction of sp³-hybridized carbons (Fsp3) is 0.118. The van der Waals surface area contributed by atoms with Gasteiger partial charge in [0.05, 0.1) is 10.6 Å². The van der Waals surface area contributed by atoms with E-state index in [1.807, 2.05) is 41.0 Å². The van der Waals surface area contributed by atoms with Gasteiger partial charge < -0.3 is 4.57 Å². The minimum atomic E-state index is 0.0870. The standard InChI is InChI=1S/C17H12NOS/c19-17-14(12-4-2-1-3-5-12)6-7-15-16-13(9-11-20-16)8-10-18(15)17/h1-6,9,11H,8,10H2. The lowest BCUT2D eigenvalue weighted by Gasteiger charge is -2.19. The number of pyridine rings is 1.